The maximum Gasteiger partial charge on any atom is 0.407 e. The van der Waals surface area contributed by atoms with Crippen LogP contribution in [0.15, 0.2) is 36.4 Å². The Morgan fingerprint density at radius 1 is 1.25 bits per heavy atom. The summed E-state index contributed by atoms with van der Waals surface area (Å²) in [5.41, 5.74) is 1.60. The number of rotatable bonds is 8. The van der Waals surface area contributed by atoms with Crippen LogP contribution in [0, 0.1) is 5.92 Å². The standard InChI is InChI=1S/C26H31N5O5/c1-26(2,3)36-25(34)28-15-18-5-4-6-19(13-18)23-29-22(21-8-7-20(16-32)31(21)30-23)24(33)35-12-10-17-9-11-27-14-17/h4-8,13,16-17,27H,9-12,14-15H2,1-3H3,(H,28,34). The first-order valence-corrected chi connectivity index (χ1v) is 12.0. The van der Waals surface area contributed by atoms with E-state index in [2.05, 4.69) is 20.7 Å². The average Bonchev–Trinajstić information content (AvgIpc) is 3.51. The molecule has 10 nitrogen and oxygen atoms in total. The zero-order valence-corrected chi connectivity index (χ0v) is 20.7. The molecular weight excluding hydrogens is 462 g/mol. The van der Waals surface area contributed by atoms with Gasteiger partial charge in [0.2, 0.25) is 0 Å². The Labute approximate surface area is 209 Å². The Morgan fingerprint density at radius 3 is 2.81 bits per heavy atom. The maximum atomic E-state index is 13.0. The second kappa shape index (κ2) is 10.9. The fraction of sp³-hybridized carbons (Fsp3) is 0.423. The topological polar surface area (TPSA) is 124 Å². The van der Waals surface area contributed by atoms with Crippen LogP contribution in [0.5, 0.6) is 0 Å². The van der Waals surface area contributed by atoms with Gasteiger partial charge in [0, 0.05) is 12.1 Å². The highest BCUT2D eigenvalue weighted by molar-refractivity contribution is 5.96. The van der Waals surface area contributed by atoms with Crippen molar-refractivity contribution in [2.75, 3.05) is 19.7 Å². The van der Waals surface area contributed by atoms with E-state index in [9.17, 15) is 14.4 Å². The number of alkyl carbamates (subject to hydrolysis) is 1. The summed E-state index contributed by atoms with van der Waals surface area (Å²) in [5.74, 6) is 0.187. The second-order valence-electron chi connectivity index (χ2n) is 9.80. The highest BCUT2D eigenvalue weighted by Gasteiger charge is 2.21. The van der Waals surface area contributed by atoms with Gasteiger partial charge in [-0.1, -0.05) is 18.2 Å². The summed E-state index contributed by atoms with van der Waals surface area (Å²) in [5, 5.41) is 10.5. The van der Waals surface area contributed by atoms with E-state index in [1.165, 1.54) is 4.52 Å². The van der Waals surface area contributed by atoms with Crippen LogP contribution in [-0.4, -0.2) is 58.2 Å². The van der Waals surface area contributed by atoms with E-state index < -0.39 is 17.7 Å². The average molecular weight is 494 g/mol. The van der Waals surface area contributed by atoms with Crippen molar-refractivity contribution in [2.24, 2.45) is 5.92 Å². The fourth-order valence-corrected chi connectivity index (χ4v) is 4.03. The van der Waals surface area contributed by atoms with Crippen LogP contribution in [0.1, 0.15) is 60.2 Å². The molecule has 1 unspecified atom stereocenters. The number of nitrogens with one attached hydrogen (secondary N) is 2. The van der Waals surface area contributed by atoms with Crippen molar-refractivity contribution in [1.82, 2.24) is 25.2 Å². The number of esters is 1. The monoisotopic (exact) mass is 493 g/mol. The predicted molar refractivity (Wildman–Crippen MR) is 133 cm³/mol. The van der Waals surface area contributed by atoms with Gasteiger partial charge in [0.05, 0.1) is 12.1 Å². The summed E-state index contributed by atoms with van der Waals surface area (Å²) in [6.45, 7) is 7.83. The van der Waals surface area contributed by atoms with Gasteiger partial charge in [-0.05, 0) is 76.4 Å². The van der Waals surface area contributed by atoms with Crippen molar-refractivity contribution < 1.29 is 23.9 Å². The number of nitrogens with zero attached hydrogens (tertiary/aromatic N) is 3. The summed E-state index contributed by atoms with van der Waals surface area (Å²) < 4.78 is 12.2. The molecule has 36 heavy (non-hydrogen) atoms. The van der Waals surface area contributed by atoms with E-state index in [1.54, 1.807) is 45.0 Å². The van der Waals surface area contributed by atoms with Gasteiger partial charge in [0.1, 0.15) is 11.3 Å². The highest BCUT2D eigenvalue weighted by atomic mass is 16.6. The number of carbonyl (C=O) groups excluding carboxylic acids is 3. The molecule has 1 fully saturated rings. The summed E-state index contributed by atoms with van der Waals surface area (Å²) in [6.07, 6.45) is 2.00. The van der Waals surface area contributed by atoms with Crippen molar-refractivity contribution in [1.29, 1.82) is 0 Å². The minimum atomic E-state index is -0.596. The molecular formula is C26H31N5O5. The van der Waals surface area contributed by atoms with Crippen LogP contribution in [-0.2, 0) is 16.0 Å². The molecule has 2 aromatic heterocycles. The molecule has 0 aliphatic carbocycles. The predicted octanol–water partition coefficient (Wildman–Crippen LogP) is 3.39. The molecule has 0 bridgehead atoms. The molecule has 190 valence electrons. The molecule has 1 atom stereocenters. The lowest BCUT2D eigenvalue weighted by molar-refractivity contribution is 0.0478. The van der Waals surface area contributed by atoms with Gasteiger partial charge in [-0.25, -0.2) is 19.1 Å². The molecule has 4 rings (SSSR count). The zero-order chi connectivity index (χ0) is 25.7. The number of hydrogen-bond donors (Lipinski definition) is 2. The molecule has 0 radical (unpaired) electrons. The lowest BCUT2D eigenvalue weighted by Crippen LogP contribution is -2.32. The lowest BCUT2D eigenvalue weighted by atomic mass is 10.1. The van der Waals surface area contributed by atoms with Crippen LogP contribution in [0.2, 0.25) is 0 Å². The molecule has 0 saturated carbocycles. The number of fused-ring (bicyclic) bond motifs is 1. The normalized spacial score (nSPS) is 15.6. The van der Waals surface area contributed by atoms with E-state index in [4.69, 9.17) is 9.47 Å². The Balaban J connectivity index is 1.56. The number of aromatic nitrogens is 3. The molecule has 1 aliphatic heterocycles. The quantitative estimate of drug-likeness (QED) is 0.362. The summed E-state index contributed by atoms with van der Waals surface area (Å²) >= 11 is 0. The smallest absolute Gasteiger partial charge is 0.407 e. The van der Waals surface area contributed by atoms with E-state index in [0.717, 1.165) is 31.5 Å². The molecule has 1 saturated heterocycles. The van der Waals surface area contributed by atoms with Gasteiger partial charge < -0.3 is 20.1 Å². The number of aldehydes is 1. The molecule has 3 heterocycles. The molecule has 0 spiro atoms. The molecule has 3 aromatic rings. The van der Waals surface area contributed by atoms with Crippen molar-refractivity contribution in [3.05, 3.63) is 53.3 Å². The Morgan fingerprint density at radius 2 is 2.08 bits per heavy atom. The van der Waals surface area contributed by atoms with Crippen molar-refractivity contribution in [2.45, 2.75) is 45.8 Å². The van der Waals surface area contributed by atoms with Crippen LogP contribution >= 0.6 is 0 Å². The van der Waals surface area contributed by atoms with Crippen LogP contribution < -0.4 is 10.6 Å². The number of ether oxygens (including phenoxy) is 2. The zero-order valence-electron chi connectivity index (χ0n) is 20.7. The Bertz CT molecular complexity index is 1260. The molecule has 10 heteroatoms. The molecule has 1 aliphatic rings. The Kier molecular flexibility index (Phi) is 7.64. The molecule has 1 amide bonds. The van der Waals surface area contributed by atoms with Gasteiger partial charge in [-0.3, -0.25) is 4.79 Å². The van der Waals surface area contributed by atoms with E-state index >= 15 is 0 Å². The van der Waals surface area contributed by atoms with Crippen LogP contribution in [0.25, 0.3) is 16.9 Å². The van der Waals surface area contributed by atoms with Gasteiger partial charge >= 0.3 is 12.1 Å². The minimum absolute atomic E-state index is 0.0925. The summed E-state index contributed by atoms with van der Waals surface area (Å²) in [6, 6.07) is 10.5. The third-order valence-electron chi connectivity index (χ3n) is 5.80. The lowest BCUT2D eigenvalue weighted by Gasteiger charge is -2.19. The largest absolute Gasteiger partial charge is 0.461 e. The Hall–Kier alpha value is -3.79. The first-order chi connectivity index (χ1) is 17.2. The van der Waals surface area contributed by atoms with Gasteiger partial charge in [0.25, 0.3) is 0 Å². The minimum Gasteiger partial charge on any atom is -0.461 e. The number of hydrogen-bond acceptors (Lipinski definition) is 8. The third-order valence-corrected chi connectivity index (χ3v) is 5.80. The van der Waals surface area contributed by atoms with Crippen molar-refractivity contribution >= 4 is 23.9 Å². The highest BCUT2D eigenvalue weighted by Crippen LogP contribution is 2.21. The summed E-state index contributed by atoms with van der Waals surface area (Å²) in [4.78, 5) is 41.1. The second-order valence-corrected chi connectivity index (χ2v) is 9.80. The first-order valence-electron chi connectivity index (χ1n) is 12.0. The van der Waals surface area contributed by atoms with Gasteiger partial charge in [0.15, 0.2) is 17.8 Å². The van der Waals surface area contributed by atoms with Crippen molar-refractivity contribution in [3.8, 4) is 11.4 Å². The molecule has 1 aromatic carbocycles. The number of amides is 1. The van der Waals surface area contributed by atoms with Crippen LogP contribution in [0.4, 0.5) is 4.79 Å². The van der Waals surface area contributed by atoms with E-state index in [0.29, 0.717) is 35.6 Å². The van der Waals surface area contributed by atoms with Crippen LogP contribution in [0.3, 0.4) is 0 Å². The SMILES string of the molecule is CC(C)(C)OC(=O)NCc1cccc(-c2nc(C(=O)OCCC3CCNC3)c3ccc(C=O)n3n2)c1. The van der Waals surface area contributed by atoms with E-state index in [1.807, 2.05) is 12.1 Å². The van der Waals surface area contributed by atoms with Gasteiger partial charge in [-0.15, -0.1) is 5.10 Å². The van der Waals surface area contributed by atoms with Gasteiger partial charge in [-0.2, -0.15) is 0 Å². The van der Waals surface area contributed by atoms with Crippen molar-refractivity contribution in [3.63, 3.8) is 0 Å². The summed E-state index contributed by atoms with van der Waals surface area (Å²) in [7, 11) is 0. The fourth-order valence-electron chi connectivity index (χ4n) is 4.03. The third kappa shape index (κ3) is 6.25. The number of carbonyl (C=O) groups is 3. The van der Waals surface area contributed by atoms with E-state index in [-0.39, 0.29) is 18.1 Å². The first kappa shape index (κ1) is 25.3. The molecule has 2 N–H and O–H groups in total. The number of benzene rings is 1. The maximum absolute atomic E-state index is 13.0.